The summed E-state index contributed by atoms with van der Waals surface area (Å²) in [5.74, 6) is -1.37. The second kappa shape index (κ2) is 9.42. The molecule has 3 aromatic carbocycles. The number of aliphatic carboxylic acids is 1. The van der Waals surface area contributed by atoms with Gasteiger partial charge in [-0.3, -0.25) is 4.79 Å². The maximum atomic E-state index is 12.7. The van der Waals surface area contributed by atoms with Crippen molar-refractivity contribution in [3.63, 3.8) is 0 Å². The summed E-state index contributed by atoms with van der Waals surface area (Å²) < 4.78 is 0. The third-order valence-electron chi connectivity index (χ3n) is 4.83. The Kier molecular flexibility index (Phi) is 6.71. The van der Waals surface area contributed by atoms with E-state index in [9.17, 15) is 14.7 Å². The van der Waals surface area contributed by atoms with Crippen LogP contribution in [0, 0.1) is 5.92 Å². The zero-order valence-corrected chi connectivity index (χ0v) is 16.3. The van der Waals surface area contributed by atoms with Crippen LogP contribution >= 0.6 is 12.6 Å². The smallest absolute Gasteiger partial charge is 0.326 e. The van der Waals surface area contributed by atoms with Crippen molar-refractivity contribution in [2.75, 3.05) is 5.75 Å². The van der Waals surface area contributed by atoms with E-state index >= 15 is 0 Å². The van der Waals surface area contributed by atoms with Crippen LogP contribution in [0.4, 0.5) is 0 Å². The summed E-state index contributed by atoms with van der Waals surface area (Å²) >= 11 is 4.30. The predicted molar refractivity (Wildman–Crippen MR) is 115 cm³/mol. The van der Waals surface area contributed by atoms with Gasteiger partial charge in [-0.15, -0.1) is 0 Å². The van der Waals surface area contributed by atoms with Gasteiger partial charge in [0, 0.05) is 12.2 Å². The van der Waals surface area contributed by atoms with E-state index in [4.69, 9.17) is 0 Å². The van der Waals surface area contributed by atoms with Gasteiger partial charge in [-0.05, 0) is 28.3 Å². The number of carboxylic acid groups (broad SMARTS) is 1. The molecule has 0 heterocycles. The largest absolute Gasteiger partial charge is 0.480 e. The number of carbonyl (C=O) groups is 2. The number of rotatable bonds is 8. The molecule has 1 unspecified atom stereocenters. The molecule has 3 rings (SSSR count). The number of amides is 1. The van der Waals surface area contributed by atoms with Crippen LogP contribution in [0.25, 0.3) is 10.8 Å². The van der Waals surface area contributed by atoms with Gasteiger partial charge in [-0.2, -0.15) is 12.6 Å². The van der Waals surface area contributed by atoms with E-state index in [0.717, 1.165) is 21.9 Å². The van der Waals surface area contributed by atoms with Crippen LogP contribution in [0.15, 0.2) is 72.8 Å². The lowest BCUT2D eigenvalue weighted by Gasteiger charge is -2.20. The molecule has 0 bridgehead atoms. The van der Waals surface area contributed by atoms with Crippen molar-refractivity contribution in [2.45, 2.75) is 18.9 Å². The number of hydrogen-bond donors (Lipinski definition) is 3. The maximum Gasteiger partial charge on any atom is 0.326 e. The highest BCUT2D eigenvalue weighted by atomic mass is 32.1. The summed E-state index contributed by atoms with van der Waals surface area (Å²) in [6, 6.07) is 22.3. The lowest BCUT2D eigenvalue weighted by molar-refractivity contribution is -0.142. The van der Waals surface area contributed by atoms with Crippen LogP contribution < -0.4 is 5.32 Å². The molecule has 28 heavy (non-hydrogen) atoms. The Balaban J connectivity index is 1.75. The second-order valence-electron chi connectivity index (χ2n) is 6.81. The van der Waals surface area contributed by atoms with Gasteiger partial charge in [0.1, 0.15) is 6.04 Å². The molecule has 0 aliphatic carbocycles. The Labute approximate surface area is 170 Å². The minimum Gasteiger partial charge on any atom is -0.480 e. The van der Waals surface area contributed by atoms with Gasteiger partial charge in [-0.25, -0.2) is 4.79 Å². The van der Waals surface area contributed by atoms with Crippen molar-refractivity contribution >= 4 is 35.3 Å². The molecule has 1 amide bonds. The molecular weight excluding hydrogens is 370 g/mol. The van der Waals surface area contributed by atoms with Crippen LogP contribution in [0.3, 0.4) is 0 Å². The lowest BCUT2D eigenvalue weighted by Crippen LogP contribution is -2.45. The number of fused-ring (bicyclic) bond motifs is 1. The zero-order valence-electron chi connectivity index (χ0n) is 15.4. The van der Waals surface area contributed by atoms with Crippen molar-refractivity contribution in [1.82, 2.24) is 5.32 Å². The Morgan fingerprint density at radius 2 is 1.57 bits per heavy atom. The van der Waals surface area contributed by atoms with E-state index in [1.165, 1.54) is 0 Å². The first-order valence-electron chi connectivity index (χ1n) is 9.23. The van der Waals surface area contributed by atoms with E-state index in [2.05, 4.69) is 17.9 Å². The average Bonchev–Trinajstić information content (AvgIpc) is 2.72. The molecule has 0 aromatic heterocycles. The molecule has 0 aliphatic rings. The molecule has 0 saturated carbocycles. The minimum absolute atomic E-state index is 0.229. The molecule has 5 heteroatoms. The number of hydrogen-bond acceptors (Lipinski definition) is 3. The average molecular weight is 394 g/mol. The highest BCUT2D eigenvalue weighted by Gasteiger charge is 2.25. The second-order valence-corrected chi connectivity index (χ2v) is 7.18. The van der Waals surface area contributed by atoms with Gasteiger partial charge in [0.15, 0.2) is 0 Å². The van der Waals surface area contributed by atoms with Gasteiger partial charge in [0.05, 0.1) is 5.92 Å². The van der Waals surface area contributed by atoms with Gasteiger partial charge >= 0.3 is 5.97 Å². The van der Waals surface area contributed by atoms with Crippen LogP contribution in [0.5, 0.6) is 0 Å². The SMILES string of the molecule is O=C(O)C(Cc1cccc2ccccc12)NC(=O)[C@@H](CS)Cc1ccccc1. The molecule has 144 valence electrons. The fourth-order valence-corrected chi connectivity index (χ4v) is 3.61. The quantitative estimate of drug-likeness (QED) is 0.511. The van der Waals surface area contributed by atoms with Gasteiger partial charge < -0.3 is 10.4 Å². The molecule has 2 N–H and O–H groups in total. The molecular formula is C23H23NO3S. The third kappa shape index (κ3) is 4.93. The first-order valence-corrected chi connectivity index (χ1v) is 9.86. The fraction of sp³-hybridized carbons (Fsp3) is 0.217. The molecule has 0 saturated heterocycles. The lowest BCUT2D eigenvalue weighted by atomic mass is 9.97. The van der Waals surface area contributed by atoms with Crippen LogP contribution in [0.2, 0.25) is 0 Å². The molecule has 0 aliphatic heterocycles. The summed E-state index contributed by atoms with van der Waals surface area (Å²) in [7, 11) is 0. The summed E-state index contributed by atoms with van der Waals surface area (Å²) in [6.07, 6.45) is 0.754. The van der Waals surface area contributed by atoms with Gasteiger partial charge in [-0.1, -0.05) is 72.8 Å². The minimum atomic E-state index is -1.04. The number of nitrogens with one attached hydrogen (secondary N) is 1. The van der Waals surface area contributed by atoms with E-state index in [1.807, 2.05) is 72.8 Å². The highest BCUT2D eigenvalue weighted by Crippen LogP contribution is 2.20. The molecule has 4 nitrogen and oxygen atoms in total. The summed E-state index contributed by atoms with van der Waals surface area (Å²) in [5.41, 5.74) is 1.92. The predicted octanol–water partition coefficient (Wildman–Crippen LogP) is 3.74. The first-order chi connectivity index (χ1) is 13.6. The van der Waals surface area contributed by atoms with E-state index in [-0.39, 0.29) is 18.2 Å². The number of carboxylic acids is 1. The topological polar surface area (TPSA) is 66.4 Å². The van der Waals surface area contributed by atoms with Crippen LogP contribution in [0.1, 0.15) is 11.1 Å². The van der Waals surface area contributed by atoms with E-state index in [0.29, 0.717) is 12.2 Å². The molecule has 0 radical (unpaired) electrons. The normalized spacial score (nSPS) is 13.0. The van der Waals surface area contributed by atoms with E-state index in [1.54, 1.807) is 0 Å². The standard InChI is InChI=1S/C23H23NO3S/c25-22(19(15-28)13-16-7-2-1-3-8-16)24-21(23(26)27)14-18-11-6-10-17-9-4-5-12-20(17)18/h1-12,19,21,28H,13-15H2,(H,24,25)(H,26,27)/t19-,21?/m1/s1. The highest BCUT2D eigenvalue weighted by molar-refractivity contribution is 7.80. The summed E-state index contributed by atoms with van der Waals surface area (Å²) in [6.45, 7) is 0. The number of benzene rings is 3. The Morgan fingerprint density at radius 3 is 2.29 bits per heavy atom. The molecule has 3 aromatic rings. The fourth-order valence-electron chi connectivity index (χ4n) is 3.32. The van der Waals surface area contributed by atoms with Crippen molar-refractivity contribution in [3.8, 4) is 0 Å². The first kappa shape index (κ1) is 20.0. The Hall–Kier alpha value is -2.79. The van der Waals surface area contributed by atoms with Crippen LogP contribution in [-0.2, 0) is 22.4 Å². The number of carbonyl (C=O) groups excluding carboxylic acids is 1. The Bertz CT molecular complexity index is 953. The van der Waals surface area contributed by atoms with E-state index < -0.39 is 12.0 Å². The third-order valence-corrected chi connectivity index (χ3v) is 5.28. The Morgan fingerprint density at radius 1 is 0.893 bits per heavy atom. The maximum absolute atomic E-state index is 12.7. The van der Waals surface area contributed by atoms with Crippen molar-refractivity contribution in [3.05, 3.63) is 83.9 Å². The molecule has 0 spiro atoms. The van der Waals surface area contributed by atoms with Gasteiger partial charge in [0.2, 0.25) is 5.91 Å². The summed E-state index contributed by atoms with van der Waals surface area (Å²) in [4.78, 5) is 24.5. The van der Waals surface area contributed by atoms with Gasteiger partial charge in [0.25, 0.3) is 0 Å². The van der Waals surface area contributed by atoms with Crippen molar-refractivity contribution in [1.29, 1.82) is 0 Å². The molecule has 0 fully saturated rings. The van der Waals surface area contributed by atoms with Crippen molar-refractivity contribution in [2.24, 2.45) is 5.92 Å². The molecule has 2 atom stereocenters. The summed E-state index contributed by atoms with van der Waals surface area (Å²) in [5, 5.41) is 14.4. The van der Waals surface area contributed by atoms with Crippen molar-refractivity contribution < 1.29 is 14.7 Å². The monoisotopic (exact) mass is 393 g/mol. The zero-order chi connectivity index (χ0) is 19.9. The van der Waals surface area contributed by atoms with Crippen LogP contribution in [-0.4, -0.2) is 28.8 Å². The number of thiol groups is 1.